The third-order valence-corrected chi connectivity index (χ3v) is 4.53. The number of amides is 3. The van der Waals surface area contributed by atoms with Crippen molar-refractivity contribution in [2.24, 2.45) is 0 Å². The van der Waals surface area contributed by atoms with Gasteiger partial charge in [0.25, 0.3) is 0 Å². The van der Waals surface area contributed by atoms with Crippen LogP contribution in [-0.4, -0.2) is 39.0 Å². The van der Waals surface area contributed by atoms with E-state index in [-0.39, 0.29) is 11.7 Å². The summed E-state index contributed by atoms with van der Waals surface area (Å²) in [6, 6.07) is 7.63. The highest BCUT2D eigenvalue weighted by Gasteiger charge is 2.16. The van der Waals surface area contributed by atoms with Crippen molar-refractivity contribution in [2.75, 3.05) is 12.3 Å². The number of imide groups is 1. The van der Waals surface area contributed by atoms with E-state index in [2.05, 4.69) is 33.8 Å². The van der Waals surface area contributed by atoms with Gasteiger partial charge in [0.05, 0.1) is 5.75 Å². The lowest BCUT2D eigenvalue weighted by Crippen LogP contribution is -2.40. The number of carbonyl (C=O) groups excluding carboxylic acids is 2. The number of rotatable bonds is 8. The van der Waals surface area contributed by atoms with Crippen molar-refractivity contribution >= 4 is 23.7 Å². The first-order chi connectivity index (χ1) is 12.5. The van der Waals surface area contributed by atoms with E-state index in [1.54, 1.807) is 0 Å². The van der Waals surface area contributed by atoms with Gasteiger partial charge in [0.2, 0.25) is 5.91 Å². The van der Waals surface area contributed by atoms with Crippen molar-refractivity contribution in [3.05, 3.63) is 29.8 Å². The van der Waals surface area contributed by atoms with Gasteiger partial charge in [-0.05, 0) is 25.8 Å². The van der Waals surface area contributed by atoms with Gasteiger partial charge in [0.1, 0.15) is 0 Å². The number of aromatic nitrogens is 3. The Bertz CT molecular complexity index is 760. The van der Waals surface area contributed by atoms with Gasteiger partial charge in [-0.15, -0.1) is 10.2 Å². The summed E-state index contributed by atoms with van der Waals surface area (Å²) < 4.78 is 2.02. The van der Waals surface area contributed by atoms with E-state index in [4.69, 9.17) is 0 Å². The maximum absolute atomic E-state index is 11.9. The molecule has 0 atom stereocenters. The predicted octanol–water partition coefficient (Wildman–Crippen LogP) is 2.99. The molecule has 0 bridgehead atoms. The Morgan fingerprint density at radius 2 is 2.00 bits per heavy atom. The standard InChI is InChI=1S/C18H25N5O2S/c1-4-9-19-17(25)20-15(24)12-26-18-22-21-16(23(18)10-5-2)14-8-6-7-13(3)11-14/h6-8,11H,4-5,9-10,12H2,1-3H3,(H2,19,20,24,25). The van der Waals surface area contributed by atoms with Crippen LogP contribution in [0.4, 0.5) is 4.79 Å². The molecular weight excluding hydrogens is 350 g/mol. The minimum Gasteiger partial charge on any atom is -0.338 e. The zero-order chi connectivity index (χ0) is 18.9. The minimum atomic E-state index is -0.465. The molecule has 0 unspecified atom stereocenters. The van der Waals surface area contributed by atoms with Crippen molar-refractivity contribution in [3.8, 4) is 11.4 Å². The number of hydrogen-bond donors (Lipinski definition) is 2. The van der Waals surface area contributed by atoms with E-state index in [1.807, 2.05) is 36.6 Å². The molecular formula is C18H25N5O2S. The Kier molecular flexibility index (Phi) is 7.65. The Hall–Kier alpha value is -2.35. The van der Waals surface area contributed by atoms with Crippen LogP contribution < -0.4 is 10.6 Å². The zero-order valence-corrected chi connectivity index (χ0v) is 16.2. The van der Waals surface area contributed by atoms with E-state index < -0.39 is 6.03 Å². The molecule has 2 aromatic rings. The van der Waals surface area contributed by atoms with Crippen molar-refractivity contribution in [1.82, 2.24) is 25.4 Å². The molecule has 26 heavy (non-hydrogen) atoms. The second kappa shape index (κ2) is 9.96. The third-order valence-electron chi connectivity index (χ3n) is 3.56. The summed E-state index contributed by atoms with van der Waals surface area (Å²) in [4.78, 5) is 23.5. The van der Waals surface area contributed by atoms with Gasteiger partial charge in [0.15, 0.2) is 11.0 Å². The monoisotopic (exact) mass is 375 g/mol. The first-order valence-corrected chi connectivity index (χ1v) is 9.74. The van der Waals surface area contributed by atoms with Gasteiger partial charge in [-0.2, -0.15) is 0 Å². The lowest BCUT2D eigenvalue weighted by atomic mass is 10.1. The summed E-state index contributed by atoms with van der Waals surface area (Å²) in [5.74, 6) is 0.542. The molecule has 0 aliphatic carbocycles. The average Bonchev–Trinajstić information content (AvgIpc) is 3.01. The molecule has 0 aliphatic heterocycles. The maximum atomic E-state index is 11.9. The number of benzene rings is 1. The molecule has 3 amide bonds. The second-order valence-corrected chi connectivity index (χ2v) is 6.86. The summed E-state index contributed by atoms with van der Waals surface area (Å²) in [7, 11) is 0. The van der Waals surface area contributed by atoms with Crippen LogP contribution in [0.3, 0.4) is 0 Å². The highest BCUT2D eigenvalue weighted by Crippen LogP contribution is 2.24. The van der Waals surface area contributed by atoms with Crippen molar-refractivity contribution < 1.29 is 9.59 Å². The maximum Gasteiger partial charge on any atom is 0.321 e. The van der Waals surface area contributed by atoms with E-state index >= 15 is 0 Å². The molecule has 140 valence electrons. The molecule has 2 N–H and O–H groups in total. The highest BCUT2D eigenvalue weighted by atomic mass is 32.2. The smallest absolute Gasteiger partial charge is 0.321 e. The first-order valence-electron chi connectivity index (χ1n) is 8.75. The number of urea groups is 1. The minimum absolute atomic E-state index is 0.106. The third kappa shape index (κ3) is 5.59. The normalized spacial score (nSPS) is 10.6. The summed E-state index contributed by atoms with van der Waals surface area (Å²) >= 11 is 1.28. The molecule has 2 rings (SSSR count). The van der Waals surface area contributed by atoms with Gasteiger partial charge in [-0.25, -0.2) is 4.79 Å². The molecule has 1 aromatic carbocycles. The number of aryl methyl sites for hydroxylation is 1. The Morgan fingerprint density at radius 1 is 1.19 bits per heavy atom. The van der Waals surface area contributed by atoms with Gasteiger partial charge in [0, 0.05) is 18.7 Å². The Balaban J connectivity index is 2.05. The SMILES string of the molecule is CCCNC(=O)NC(=O)CSc1nnc(-c2cccc(C)c2)n1CCC. The average molecular weight is 375 g/mol. The summed E-state index contributed by atoms with van der Waals surface area (Å²) in [6.07, 6.45) is 1.74. The number of hydrogen-bond acceptors (Lipinski definition) is 5. The van der Waals surface area contributed by atoms with Gasteiger partial charge >= 0.3 is 6.03 Å². The fraction of sp³-hybridized carbons (Fsp3) is 0.444. The zero-order valence-electron chi connectivity index (χ0n) is 15.4. The number of carbonyl (C=O) groups is 2. The van der Waals surface area contributed by atoms with Crippen LogP contribution in [0.2, 0.25) is 0 Å². The molecule has 0 spiro atoms. The molecule has 0 saturated heterocycles. The summed E-state index contributed by atoms with van der Waals surface area (Å²) in [5, 5.41) is 14.1. The lowest BCUT2D eigenvalue weighted by molar-refractivity contribution is -0.117. The summed E-state index contributed by atoms with van der Waals surface area (Å²) in [6.45, 7) is 7.37. The van der Waals surface area contributed by atoms with Crippen LogP contribution in [-0.2, 0) is 11.3 Å². The van der Waals surface area contributed by atoms with Crippen molar-refractivity contribution in [2.45, 2.75) is 45.3 Å². The van der Waals surface area contributed by atoms with Crippen LogP contribution >= 0.6 is 11.8 Å². The van der Waals surface area contributed by atoms with Crippen LogP contribution in [0.5, 0.6) is 0 Å². The Labute approximate surface area is 158 Å². The molecule has 8 heteroatoms. The largest absolute Gasteiger partial charge is 0.338 e. The molecule has 0 saturated carbocycles. The Morgan fingerprint density at radius 3 is 2.69 bits per heavy atom. The van der Waals surface area contributed by atoms with Crippen LogP contribution in [0.1, 0.15) is 32.3 Å². The number of nitrogens with zero attached hydrogens (tertiary/aromatic N) is 3. The van der Waals surface area contributed by atoms with E-state index in [0.29, 0.717) is 11.7 Å². The molecule has 1 aromatic heterocycles. The quantitative estimate of drug-likeness (QED) is 0.693. The van der Waals surface area contributed by atoms with Crippen LogP contribution in [0.25, 0.3) is 11.4 Å². The summed E-state index contributed by atoms with van der Waals surface area (Å²) in [5.41, 5.74) is 2.15. The van der Waals surface area contributed by atoms with Crippen LogP contribution in [0.15, 0.2) is 29.4 Å². The first kappa shape index (κ1) is 20.0. The van der Waals surface area contributed by atoms with Crippen molar-refractivity contribution in [1.29, 1.82) is 0 Å². The topological polar surface area (TPSA) is 88.9 Å². The van der Waals surface area contributed by atoms with Crippen molar-refractivity contribution in [3.63, 3.8) is 0 Å². The molecule has 1 heterocycles. The van der Waals surface area contributed by atoms with E-state index in [0.717, 1.165) is 36.3 Å². The fourth-order valence-electron chi connectivity index (χ4n) is 2.39. The molecule has 7 nitrogen and oxygen atoms in total. The van der Waals surface area contributed by atoms with Gasteiger partial charge in [-0.3, -0.25) is 10.1 Å². The predicted molar refractivity (Wildman–Crippen MR) is 103 cm³/mol. The number of nitrogens with one attached hydrogen (secondary N) is 2. The van der Waals surface area contributed by atoms with Crippen LogP contribution in [0, 0.1) is 6.92 Å². The second-order valence-electron chi connectivity index (χ2n) is 5.92. The fourth-order valence-corrected chi connectivity index (χ4v) is 3.16. The molecule has 0 fully saturated rings. The van der Waals surface area contributed by atoms with E-state index in [1.165, 1.54) is 11.8 Å². The highest BCUT2D eigenvalue weighted by molar-refractivity contribution is 7.99. The van der Waals surface area contributed by atoms with Gasteiger partial charge in [-0.1, -0.05) is 49.4 Å². The molecule has 0 radical (unpaired) electrons. The lowest BCUT2D eigenvalue weighted by Gasteiger charge is -2.09. The van der Waals surface area contributed by atoms with Gasteiger partial charge < -0.3 is 9.88 Å². The van der Waals surface area contributed by atoms with E-state index in [9.17, 15) is 9.59 Å². The molecule has 0 aliphatic rings. The number of thioether (sulfide) groups is 1.